The highest BCUT2D eigenvalue weighted by molar-refractivity contribution is 5.68. The summed E-state index contributed by atoms with van der Waals surface area (Å²) in [5.74, 6) is 0.401. The van der Waals surface area contributed by atoms with Gasteiger partial charge in [-0.2, -0.15) is 0 Å². The summed E-state index contributed by atoms with van der Waals surface area (Å²) in [5.41, 5.74) is 0.789. The number of nitrogens with one attached hydrogen (secondary N) is 1. The van der Waals surface area contributed by atoms with Gasteiger partial charge in [-0.05, 0) is 43.4 Å². The largest absolute Gasteiger partial charge is 0.504 e. The monoisotopic (exact) mass is 406 g/mol. The lowest BCUT2D eigenvalue weighted by Gasteiger charge is -2.32. The Morgan fingerprint density at radius 1 is 1.07 bits per heavy atom. The molecule has 2 amide bonds. The van der Waals surface area contributed by atoms with Crippen molar-refractivity contribution in [3.05, 3.63) is 23.8 Å². The number of methoxy groups -OCH3 is 1. The zero-order valence-corrected chi connectivity index (χ0v) is 16.9. The number of phenolic OH excluding ortho intramolecular Hbond substituents is 1. The Morgan fingerprint density at radius 2 is 1.76 bits per heavy atom. The van der Waals surface area contributed by atoms with Crippen LogP contribution in [-0.4, -0.2) is 54.6 Å². The molecule has 2 fully saturated rings. The van der Waals surface area contributed by atoms with E-state index in [1.807, 2.05) is 0 Å². The molecule has 0 atom stereocenters. The van der Waals surface area contributed by atoms with Gasteiger partial charge < -0.3 is 29.5 Å². The van der Waals surface area contributed by atoms with Crippen LogP contribution in [0.15, 0.2) is 18.2 Å². The Bertz CT molecular complexity index is 696. The van der Waals surface area contributed by atoms with Gasteiger partial charge in [0.25, 0.3) is 0 Å². The van der Waals surface area contributed by atoms with Gasteiger partial charge >= 0.3 is 12.2 Å². The standard InChI is InChI=1S/C21H30N2O6/c1-27-19-13-15(7-8-18(19)24)14-22-20(25)28-17-9-11-23(12-10-17)21(26)29-16-5-3-2-4-6-16/h7-8,13,16-17,24H,2-6,9-12,14H2,1H3,(H,22,25). The van der Waals surface area contributed by atoms with E-state index in [9.17, 15) is 14.7 Å². The van der Waals surface area contributed by atoms with Gasteiger partial charge in [0.2, 0.25) is 0 Å². The number of likely N-dealkylation sites (tertiary alicyclic amines) is 1. The normalized spacial score (nSPS) is 18.2. The number of carbonyl (C=O) groups is 2. The predicted molar refractivity (Wildman–Crippen MR) is 106 cm³/mol. The molecule has 1 aromatic carbocycles. The van der Waals surface area contributed by atoms with Crippen LogP contribution in [0.4, 0.5) is 9.59 Å². The molecule has 1 saturated heterocycles. The van der Waals surface area contributed by atoms with E-state index in [1.54, 1.807) is 17.0 Å². The van der Waals surface area contributed by atoms with E-state index in [2.05, 4.69) is 5.32 Å². The van der Waals surface area contributed by atoms with Gasteiger partial charge in [0.15, 0.2) is 11.5 Å². The number of phenols is 1. The number of benzene rings is 1. The number of piperidine rings is 1. The number of amides is 2. The minimum Gasteiger partial charge on any atom is -0.504 e. The van der Waals surface area contributed by atoms with Crippen LogP contribution in [0.25, 0.3) is 0 Å². The predicted octanol–water partition coefficient (Wildman–Crippen LogP) is 3.56. The molecular weight excluding hydrogens is 376 g/mol. The molecule has 0 spiro atoms. The second-order valence-corrected chi connectivity index (χ2v) is 7.60. The first-order valence-electron chi connectivity index (χ1n) is 10.3. The molecule has 1 aliphatic heterocycles. The van der Waals surface area contributed by atoms with Gasteiger partial charge in [0.05, 0.1) is 7.11 Å². The van der Waals surface area contributed by atoms with Gasteiger partial charge in [0, 0.05) is 32.5 Å². The molecule has 0 radical (unpaired) electrons. The lowest BCUT2D eigenvalue weighted by Crippen LogP contribution is -2.43. The van der Waals surface area contributed by atoms with Gasteiger partial charge in [-0.3, -0.25) is 0 Å². The number of alkyl carbamates (subject to hydrolysis) is 1. The Labute approximate surface area is 171 Å². The van der Waals surface area contributed by atoms with Gasteiger partial charge in [-0.1, -0.05) is 12.5 Å². The second kappa shape index (κ2) is 10.2. The molecule has 8 nitrogen and oxygen atoms in total. The highest BCUT2D eigenvalue weighted by Gasteiger charge is 2.28. The SMILES string of the molecule is COc1cc(CNC(=O)OC2CCN(C(=O)OC3CCCCC3)CC2)ccc1O. The topological polar surface area (TPSA) is 97.3 Å². The van der Waals surface area contributed by atoms with Crippen LogP contribution in [0.5, 0.6) is 11.5 Å². The lowest BCUT2D eigenvalue weighted by molar-refractivity contribution is 0.0201. The van der Waals surface area contributed by atoms with Crippen molar-refractivity contribution in [2.24, 2.45) is 0 Å². The molecule has 8 heteroatoms. The molecule has 29 heavy (non-hydrogen) atoms. The molecule has 0 aromatic heterocycles. The van der Waals surface area contributed by atoms with E-state index in [0.717, 1.165) is 31.2 Å². The molecule has 0 unspecified atom stereocenters. The van der Waals surface area contributed by atoms with Crippen molar-refractivity contribution in [3.63, 3.8) is 0 Å². The molecule has 3 rings (SSSR count). The summed E-state index contributed by atoms with van der Waals surface area (Å²) in [6.07, 6.45) is 5.66. The van der Waals surface area contributed by atoms with Crippen molar-refractivity contribution in [1.29, 1.82) is 0 Å². The van der Waals surface area contributed by atoms with Crippen LogP contribution in [0.2, 0.25) is 0 Å². The fourth-order valence-corrected chi connectivity index (χ4v) is 3.76. The van der Waals surface area contributed by atoms with Crippen molar-refractivity contribution in [3.8, 4) is 11.5 Å². The maximum atomic E-state index is 12.3. The summed E-state index contributed by atoms with van der Waals surface area (Å²) in [5, 5.41) is 12.3. The van der Waals surface area contributed by atoms with E-state index in [1.165, 1.54) is 19.6 Å². The third-order valence-corrected chi connectivity index (χ3v) is 5.47. The molecule has 1 saturated carbocycles. The maximum absolute atomic E-state index is 12.3. The summed E-state index contributed by atoms with van der Waals surface area (Å²) in [6.45, 7) is 1.32. The maximum Gasteiger partial charge on any atom is 0.410 e. The first-order valence-corrected chi connectivity index (χ1v) is 10.3. The molecule has 160 valence electrons. The zero-order valence-electron chi connectivity index (χ0n) is 16.9. The van der Waals surface area contributed by atoms with Gasteiger partial charge in [0.1, 0.15) is 12.2 Å². The number of hydrogen-bond acceptors (Lipinski definition) is 6. The fraction of sp³-hybridized carbons (Fsp3) is 0.619. The minimum atomic E-state index is -0.500. The third-order valence-electron chi connectivity index (χ3n) is 5.47. The second-order valence-electron chi connectivity index (χ2n) is 7.60. The van der Waals surface area contributed by atoms with Crippen molar-refractivity contribution in [1.82, 2.24) is 10.2 Å². The molecule has 2 N–H and O–H groups in total. The highest BCUT2D eigenvalue weighted by Crippen LogP contribution is 2.26. The van der Waals surface area contributed by atoms with Crippen LogP contribution in [0.3, 0.4) is 0 Å². The van der Waals surface area contributed by atoms with Crippen molar-refractivity contribution < 1.29 is 28.9 Å². The summed E-state index contributed by atoms with van der Waals surface area (Å²) in [7, 11) is 1.47. The van der Waals surface area contributed by atoms with Crippen LogP contribution >= 0.6 is 0 Å². The molecule has 1 heterocycles. The number of aromatic hydroxyl groups is 1. The highest BCUT2D eigenvalue weighted by atomic mass is 16.6. The first-order chi connectivity index (χ1) is 14.0. The average Bonchev–Trinajstić information content (AvgIpc) is 2.74. The summed E-state index contributed by atoms with van der Waals surface area (Å²) in [4.78, 5) is 26.1. The molecule has 2 aliphatic rings. The van der Waals surface area contributed by atoms with Crippen molar-refractivity contribution in [2.45, 2.75) is 63.7 Å². The third kappa shape index (κ3) is 6.17. The van der Waals surface area contributed by atoms with Crippen molar-refractivity contribution >= 4 is 12.2 Å². The van der Waals surface area contributed by atoms with E-state index in [4.69, 9.17) is 14.2 Å². The van der Waals surface area contributed by atoms with E-state index < -0.39 is 6.09 Å². The van der Waals surface area contributed by atoms with E-state index in [0.29, 0.717) is 31.7 Å². The summed E-state index contributed by atoms with van der Waals surface area (Å²) >= 11 is 0. The van der Waals surface area contributed by atoms with Crippen LogP contribution in [0, 0.1) is 0 Å². The smallest absolute Gasteiger partial charge is 0.410 e. The number of ether oxygens (including phenoxy) is 3. The van der Waals surface area contributed by atoms with Crippen molar-refractivity contribution in [2.75, 3.05) is 20.2 Å². The molecule has 0 bridgehead atoms. The molecule has 1 aliphatic carbocycles. The first kappa shape index (κ1) is 21.1. The van der Waals surface area contributed by atoms with E-state index >= 15 is 0 Å². The summed E-state index contributed by atoms with van der Waals surface area (Å²) < 4.78 is 16.1. The van der Waals surface area contributed by atoms with Gasteiger partial charge in [-0.25, -0.2) is 9.59 Å². The molecular formula is C21H30N2O6. The quantitative estimate of drug-likeness (QED) is 0.776. The van der Waals surface area contributed by atoms with Crippen LogP contribution in [0.1, 0.15) is 50.5 Å². The Hall–Kier alpha value is -2.64. The van der Waals surface area contributed by atoms with Crippen LogP contribution in [-0.2, 0) is 16.0 Å². The Balaban J connectivity index is 1.36. The number of carbonyl (C=O) groups excluding carboxylic acids is 2. The van der Waals surface area contributed by atoms with Gasteiger partial charge in [-0.15, -0.1) is 0 Å². The average molecular weight is 406 g/mol. The Morgan fingerprint density at radius 3 is 2.45 bits per heavy atom. The number of rotatable bonds is 5. The van der Waals surface area contributed by atoms with E-state index in [-0.39, 0.29) is 30.6 Å². The lowest BCUT2D eigenvalue weighted by atomic mass is 9.98. The zero-order chi connectivity index (χ0) is 20.6. The summed E-state index contributed by atoms with van der Waals surface area (Å²) in [6, 6.07) is 4.88. The fourth-order valence-electron chi connectivity index (χ4n) is 3.76. The molecule has 1 aromatic rings. The van der Waals surface area contributed by atoms with Crippen LogP contribution < -0.4 is 10.1 Å². The minimum absolute atomic E-state index is 0.0487. The number of nitrogens with zero attached hydrogens (tertiary/aromatic N) is 1. The number of hydrogen-bond donors (Lipinski definition) is 2. The Kier molecular flexibility index (Phi) is 7.43.